The van der Waals surface area contributed by atoms with Crippen LogP contribution in [0.3, 0.4) is 0 Å². The average molecular weight is 291 g/mol. The lowest BCUT2D eigenvalue weighted by atomic mass is 10.2. The van der Waals surface area contributed by atoms with Crippen LogP contribution in [-0.4, -0.2) is 14.7 Å². The zero-order valence-corrected chi connectivity index (χ0v) is 11.3. The monoisotopic (exact) mass is 290 g/mol. The number of hydrogen-bond acceptors (Lipinski definition) is 2. The van der Waals surface area contributed by atoms with Crippen molar-refractivity contribution < 1.29 is 9.50 Å². The van der Waals surface area contributed by atoms with Crippen LogP contribution in [0.1, 0.15) is 11.4 Å². The zero-order valence-electron chi connectivity index (χ0n) is 10.6. The van der Waals surface area contributed by atoms with Crippen molar-refractivity contribution in [1.82, 2.24) is 9.55 Å². The Morgan fingerprint density at radius 1 is 1.20 bits per heavy atom. The minimum atomic E-state index is -0.277. The van der Waals surface area contributed by atoms with Gasteiger partial charge < -0.3 is 9.67 Å². The first kappa shape index (κ1) is 13.1. The molecule has 5 heteroatoms. The molecule has 0 aliphatic heterocycles. The number of aliphatic hydroxyl groups is 1. The number of aliphatic hydroxyl groups excluding tert-OH is 1. The molecule has 3 aromatic rings. The van der Waals surface area contributed by atoms with Gasteiger partial charge in [0.25, 0.3) is 0 Å². The highest BCUT2D eigenvalue weighted by Gasteiger charge is 2.11. The van der Waals surface area contributed by atoms with Crippen LogP contribution in [0.5, 0.6) is 0 Å². The van der Waals surface area contributed by atoms with Crippen LogP contribution < -0.4 is 0 Å². The molecule has 20 heavy (non-hydrogen) atoms. The molecule has 0 bridgehead atoms. The minimum absolute atomic E-state index is 0.179. The fourth-order valence-corrected chi connectivity index (χ4v) is 2.43. The molecule has 0 unspecified atom stereocenters. The Hall–Kier alpha value is -1.91. The summed E-state index contributed by atoms with van der Waals surface area (Å²) in [4.78, 5) is 4.35. The van der Waals surface area contributed by atoms with Gasteiger partial charge in [-0.3, -0.25) is 0 Å². The van der Waals surface area contributed by atoms with Crippen molar-refractivity contribution in [2.45, 2.75) is 13.2 Å². The molecular weight excluding hydrogens is 279 g/mol. The largest absolute Gasteiger partial charge is 0.388 e. The Morgan fingerprint density at radius 2 is 2.05 bits per heavy atom. The van der Waals surface area contributed by atoms with Crippen molar-refractivity contribution in [2.75, 3.05) is 0 Å². The molecule has 0 atom stereocenters. The molecule has 1 N–H and O–H groups in total. The highest BCUT2D eigenvalue weighted by Crippen LogP contribution is 2.22. The quantitative estimate of drug-likeness (QED) is 0.803. The second-order valence-corrected chi connectivity index (χ2v) is 4.97. The van der Waals surface area contributed by atoms with Crippen molar-refractivity contribution in [1.29, 1.82) is 0 Å². The third-order valence-electron chi connectivity index (χ3n) is 3.16. The topological polar surface area (TPSA) is 38.1 Å². The fraction of sp³-hybridized carbons (Fsp3) is 0.133. The maximum Gasteiger partial charge on any atom is 0.136 e. The summed E-state index contributed by atoms with van der Waals surface area (Å²) in [5, 5.41) is 10.0. The van der Waals surface area contributed by atoms with E-state index < -0.39 is 0 Å². The number of halogens is 2. The Kier molecular flexibility index (Phi) is 3.42. The highest BCUT2D eigenvalue weighted by molar-refractivity contribution is 6.31. The molecule has 102 valence electrons. The summed E-state index contributed by atoms with van der Waals surface area (Å²) in [6.45, 7) is 0.271. The third-order valence-corrected chi connectivity index (χ3v) is 3.40. The molecule has 0 spiro atoms. The Bertz CT molecular complexity index is 770. The fourth-order valence-electron chi connectivity index (χ4n) is 2.27. The molecule has 1 aromatic heterocycles. The smallest absolute Gasteiger partial charge is 0.136 e. The first-order valence-corrected chi connectivity index (χ1v) is 6.55. The van der Waals surface area contributed by atoms with Gasteiger partial charge in [0.2, 0.25) is 0 Å². The predicted octanol–water partition coefficient (Wildman–Crippen LogP) is 3.37. The molecule has 1 heterocycles. The summed E-state index contributed by atoms with van der Waals surface area (Å²) in [5.41, 5.74) is 2.40. The summed E-state index contributed by atoms with van der Waals surface area (Å²) in [7, 11) is 0. The number of hydrogen-bond donors (Lipinski definition) is 1. The lowest BCUT2D eigenvalue weighted by Crippen LogP contribution is -2.05. The van der Waals surface area contributed by atoms with E-state index in [2.05, 4.69) is 4.98 Å². The van der Waals surface area contributed by atoms with Crippen LogP contribution >= 0.6 is 11.6 Å². The van der Waals surface area contributed by atoms with E-state index in [-0.39, 0.29) is 12.4 Å². The van der Waals surface area contributed by atoms with Crippen LogP contribution in [0.4, 0.5) is 4.39 Å². The van der Waals surface area contributed by atoms with Gasteiger partial charge in [-0.05, 0) is 35.9 Å². The van der Waals surface area contributed by atoms with Gasteiger partial charge in [0, 0.05) is 11.6 Å². The maximum absolute atomic E-state index is 13.3. The van der Waals surface area contributed by atoms with Crippen LogP contribution in [0.25, 0.3) is 11.0 Å². The number of rotatable bonds is 3. The number of benzene rings is 2. The van der Waals surface area contributed by atoms with Gasteiger partial charge in [-0.25, -0.2) is 9.37 Å². The van der Waals surface area contributed by atoms with Gasteiger partial charge in [-0.1, -0.05) is 23.7 Å². The summed E-state index contributed by atoms with van der Waals surface area (Å²) < 4.78 is 15.1. The van der Waals surface area contributed by atoms with E-state index in [9.17, 15) is 9.50 Å². The van der Waals surface area contributed by atoms with Crippen molar-refractivity contribution >= 4 is 22.6 Å². The van der Waals surface area contributed by atoms with Crippen LogP contribution in [0.2, 0.25) is 5.02 Å². The van der Waals surface area contributed by atoms with Crippen molar-refractivity contribution in [3.63, 3.8) is 0 Å². The second kappa shape index (κ2) is 5.23. The predicted molar refractivity (Wildman–Crippen MR) is 76.2 cm³/mol. The van der Waals surface area contributed by atoms with Crippen LogP contribution in [0.15, 0.2) is 42.5 Å². The standard InChI is InChI=1S/C15H12ClFN2O/c16-11-4-5-14-13(7-11)18-15(9-20)19(14)8-10-2-1-3-12(17)6-10/h1-7,20H,8-9H2. The number of imidazole rings is 1. The third kappa shape index (κ3) is 2.40. The molecule has 2 aromatic carbocycles. The van der Waals surface area contributed by atoms with E-state index in [0.29, 0.717) is 17.4 Å². The summed E-state index contributed by atoms with van der Waals surface area (Å²) >= 11 is 5.94. The van der Waals surface area contributed by atoms with Crippen molar-refractivity contribution in [3.05, 3.63) is 64.7 Å². The normalized spacial score (nSPS) is 11.2. The van der Waals surface area contributed by atoms with Gasteiger partial charge in [0.1, 0.15) is 18.2 Å². The number of aromatic nitrogens is 2. The molecule has 0 saturated heterocycles. The van der Waals surface area contributed by atoms with Gasteiger partial charge in [0.05, 0.1) is 11.0 Å². The molecule has 3 rings (SSSR count). The Balaban J connectivity index is 2.10. The molecule has 0 saturated carbocycles. The van der Waals surface area contributed by atoms with Gasteiger partial charge >= 0.3 is 0 Å². The number of nitrogens with zero attached hydrogens (tertiary/aromatic N) is 2. The molecule has 0 fully saturated rings. The Labute approximate surface area is 120 Å². The van der Waals surface area contributed by atoms with E-state index in [0.717, 1.165) is 16.6 Å². The van der Waals surface area contributed by atoms with Crippen LogP contribution in [0, 0.1) is 5.82 Å². The van der Waals surface area contributed by atoms with E-state index in [4.69, 9.17) is 11.6 Å². The van der Waals surface area contributed by atoms with E-state index in [1.54, 1.807) is 18.2 Å². The molecule has 0 aliphatic rings. The van der Waals surface area contributed by atoms with E-state index >= 15 is 0 Å². The lowest BCUT2D eigenvalue weighted by molar-refractivity contribution is 0.267. The maximum atomic E-state index is 13.3. The summed E-state index contributed by atoms with van der Waals surface area (Å²) in [6.07, 6.45) is 0. The highest BCUT2D eigenvalue weighted by atomic mass is 35.5. The molecular formula is C15H12ClFN2O. The molecule has 0 aliphatic carbocycles. The zero-order chi connectivity index (χ0) is 14.1. The summed E-state index contributed by atoms with van der Waals surface area (Å²) in [6, 6.07) is 11.8. The number of fused-ring (bicyclic) bond motifs is 1. The van der Waals surface area contributed by atoms with Crippen molar-refractivity contribution in [2.24, 2.45) is 0 Å². The SMILES string of the molecule is OCc1nc2cc(Cl)ccc2n1Cc1cccc(F)c1. The average Bonchev–Trinajstić information content (AvgIpc) is 2.76. The molecule has 0 radical (unpaired) electrons. The van der Waals surface area contributed by atoms with E-state index in [1.807, 2.05) is 16.7 Å². The second-order valence-electron chi connectivity index (χ2n) is 4.54. The van der Waals surface area contributed by atoms with Gasteiger partial charge in [-0.15, -0.1) is 0 Å². The van der Waals surface area contributed by atoms with Gasteiger partial charge in [-0.2, -0.15) is 0 Å². The lowest BCUT2D eigenvalue weighted by Gasteiger charge is -2.08. The van der Waals surface area contributed by atoms with Gasteiger partial charge in [0.15, 0.2) is 0 Å². The van der Waals surface area contributed by atoms with Crippen LogP contribution in [-0.2, 0) is 13.2 Å². The minimum Gasteiger partial charge on any atom is -0.388 e. The van der Waals surface area contributed by atoms with E-state index in [1.165, 1.54) is 12.1 Å². The molecule has 3 nitrogen and oxygen atoms in total. The summed E-state index contributed by atoms with van der Waals surface area (Å²) in [5.74, 6) is 0.257. The first-order chi connectivity index (χ1) is 9.67. The Morgan fingerprint density at radius 3 is 2.80 bits per heavy atom. The first-order valence-electron chi connectivity index (χ1n) is 6.17. The molecule has 0 amide bonds. The van der Waals surface area contributed by atoms with Crippen molar-refractivity contribution in [3.8, 4) is 0 Å².